The molecule has 0 unspecified atom stereocenters. The minimum Gasteiger partial charge on any atom is -0.455 e. The van der Waals surface area contributed by atoms with Gasteiger partial charge in [-0.25, -0.2) is 0 Å². The molecule has 0 bridgehead atoms. The Labute approximate surface area is 128 Å². The number of rotatable bonds is 6. The van der Waals surface area contributed by atoms with Gasteiger partial charge < -0.3 is 14.6 Å². The molecule has 2 fully saturated rings. The minimum atomic E-state index is -0.195. The van der Waals surface area contributed by atoms with Crippen LogP contribution >= 0.6 is 11.8 Å². The number of likely N-dealkylation sites (tertiary alicyclic amines) is 1. The summed E-state index contributed by atoms with van der Waals surface area (Å²) in [6.45, 7) is 1.31. The summed E-state index contributed by atoms with van der Waals surface area (Å²) in [6, 6.07) is 4.01. The zero-order valence-electron chi connectivity index (χ0n) is 12.1. The minimum absolute atomic E-state index is 0.195. The summed E-state index contributed by atoms with van der Waals surface area (Å²) in [7, 11) is 0. The van der Waals surface area contributed by atoms with Crippen LogP contribution in [0.5, 0.6) is 0 Å². The van der Waals surface area contributed by atoms with Crippen molar-refractivity contribution in [2.45, 2.75) is 31.1 Å². The van der Waals surface area contributed by atoms with E-state index in [1.165, 1.54) is 0 Å². The Balaban J connectivity index is 1.48. The summed E-state index contributed by atoms with van der Waals surface area (Å²) >= 11 is 1.65. The van der Waals surface area contributed by atoms with Crippen molar-refractivity contribution in [3.8, 4) is 0 Å². The molecule has 114 valence electrons. The molecule has 2 heterocycles. The molecular weight excluding hydrogens is 288 g/mol. The van der Waals surface area contributed by atoms with Crippen molar-refractivity contribution in [3.05, 3.63) is 23.7 Å². The van der Waals surface area contributed by atoms with Crippen LogP contribution in [0.25, 0.3) is 0 Å². The lowest BCUT2D eigenvalue weighted by molar-refractivity contribution is -0.128. The molecule has 0 aromatic carbocycles. The lowest BCUT2D eigenvalue weighted by Gasteiger charge is -2.15. The third-order valence-corrected chi connectivity index (χ3v) is 4.52. The second kappa shape index (κ2) is 6.13. The second-order valence-corrected chi connectivity index (χ2v) is 6.62. The summed E-state index contributed by atoms with van der Waals surface area (Å²) in [5.41, 5.74) is 0. The van der Waals surface area contributed by atoms with Crippen molar-refractivity contribution in [1.82, 2.24) is 10.2 Å². The van der Waals surface area contributed by atoms with Gasteiger partial charge >= 0.3 is 0 Å². The fraction of sp³-hybridized carbons (Fsp3) is 0.600. The van der Waals surface area contributed by atoms with Crippen molar-refractivity contribution < 1.29 is 14.0 Å². The summed E-state index contributed by atoms with van der Waals surface area (Å²) in [5.74, 6) is 2.19. The van der Waals surface area contributed by atoms with Crippen molar-refractivity contribution >= 4 is 23.6 Å². The van der Waals surface area contributed by atoms with E-state index in [-0.39, 0.29) is 17.7 Å². The molecule has 2 amide bonds. The van der Waals surface area contributed by atoms with Crippen molar-refractivity contribution in [2.75, 3.05) is 19.3 Å². The molecule has 21 heavy (non-hydrogen) atoms. The average molecular weight is 308 g/mol. The first-order valence-electron chi connectivity index (χ1n) is 7.32. The number of carbonyl (C=O) groups excluding carboxylic acids is 2. The van der Waals surface area contributed by atoms with E-state index in [4.69, 9.17) is 4.42 Å². The van der Waals surface area contributed by atoms with Crippen LogP contribution in [0.2, 0.25) is 0 Å². The third kappa shape index (κ3) is 3.43. The molecule has 1 saturated carbocycles. The monoisotopic (exact) mass is 308 g/mol. The highest BCUT2D eigenvalue weighted by Gasteiger charge is 2.39. The van der Waals surface area contributed by atoms with E-state index in [0.29, 0.717) is 24.8 Å². The molecule has 1 aromatic heterocycles. The van der Waals surface area contributed by atoms with E-state index >= 15 is 0 Å². The number of nitrogens with one attached hydrogen (secondary N) is 1. The first-order chi connectivity index (χ1) is 10.2. The van der Waals surface area contributed by atoms with Crippen LogP contribution in [0.4, 0.5) is 0 Å². The van der Waals surface area contributed by atoms with E-state index in [1.54, 1.807) is 17.8 Å². The Morgan fingerprint density at radius 2 is 2.29 bits per heavy atom. The van der Waals surface area contributed by atoms with Crippen LogP contribution in [0.1, 0.15) is 35.6 Å². The summed E-state index contributed by atoms with van der Waals surface area (Å²) in [6.07, 6.45) is 4.81. The highest BCUT2D eigenvalue weighted by atomic mass is 32.2. The Bertz CT molecular complexity index is 539. The van der Waals surface area contributed by atoms with Gasteiger partial charge in [0.2, 0.25) is 5.91 Å². The molecule has 6 heteroatoms. The number of thioether (sulfide) groups is 1. The molecule has 5 nitrogen and oxygen atoms in total. The third-order valence-electron chi connectivity index (χ3n) is 3.95. The predicted molar refractivity (Wildman–Crippen MR) is 81.1 cm³/mol. The zero-order chi connectivity index (χ0) is 14.8. The van der Waals surface area contributed by atoms with Gasteiger partial charge in [-0.2, -0.15) is 11.8 Å². The number of furan rings is 1. The summed E-state index contributed by atoms with van der Waals surface area (Å²) in [4.78, 5) is 25.8. The number of carbonyl (C=O) groups is 2. The molecule has 1 aliphatic carbocycles. The van der Waals surface area contributed by atoms with Gasteiger partial charge in [0.1, 0.15) is 5.76 Å². The first kappa shape index (κ1) is 14.5. The SMILES string of the molecule is CSCc1ccc(C(=O)NC[C@H]2CC(=O)N(C3CC3)C2)o1. The Hall–Kier alpha value is -1.43. The lowest BCUT2D eigenvalue weighted by atomic mass is 10.1. The summed E-state index contributed by atoms with van der Waals surface area (Å²) < 4.78 is 5.48. The van der Waals surface area contributed by atoms with Gasteiger partial charge in [-0.3, -0.25) is 9.59 Å². The maximum atomic E-state index is 12.0. The van der Waals surface area contributed by atoms with Gasteiger partial charge in [-0.05, 0) is 31.2 Å². The van der Waals surface area contributed by atoms with Crippen LogP contribution < -0.4 is 5.32 Å². The van der Waals surface area contributed by atoms with Crippen molar-refractivity contribution in [1.29, 1.82) is 0 Å². The van der Waals surface area contributed by atoms with Crippen molar-refractivity contribution in [3.63, 3.8) is 0 Å². The lowest BCUT2D eigenvalue weighted by Crippen LogP contribution is -2.31. The summed E-state index contributed by atoms with van der Waals surface area (Å²) in [5, 5.41) is 2.88. The molecule has 0 spiro atoms. The largest absolute Gasteiger partial charge is 0.455 e. The van der Waals surface area contributed by atoms with Gasteiger partial charge in [0.05, 0.1) is 5.75 Å². The normalized spacial score (nSPS) is 21.9. The van der Waals surface area contributed by atoms with E-state index in [0.717, 1.165) is 30.9 Å². The molecule has 0 radical (unpaired) electrons. The average Bonchev–Trinajstić information content (AvgIpc) is 3.08. The van der Waals surface area contributed by atoms with E-state index in [1.807, 2.05) is 17.2 Å². The van der Waals surface area contributed by atoms with Gasteiger partial charge in [-0.1, -0.05) is 0 Å². The van der Waals surface area contributed by atoms with E-state index < -0.39 is 0 Å². The number of amides is 2. The predicted octanol–water partition coefficient (Wildman–Crippen LogP) is 1.88. The highest BCUT2D eigenvalue weighted by Crippen LogP contribution is 2.32. The number of hydrogen-bond donors (Lipinski definition) is 1. The topological polar surface area (TPSA) is 62.6 Å². The van der Waals surface area contributed by atoms with Crippen LogP contribution in [0.3, 0.4) is 0 Å². The Morgan fingerprint density at radius 1 is 1.48 bits per heavy atom. The van der Waals surface area contributed by atoms with Gasteiger partial charge in [0, 0.05) is 31.5 Å². The van der Waals surface area contributed by atoms with Crippen molar-refractivity contribution in [2.24, 2.45) is 5.92 Å². The Morgan fingerprint density at radius 3 is 3.00 bits per heavy atom. The first-order valence-corrected chi connectivity index (χ1v) is 8.72. The molecule has 1 atom stereocenters. The highest BCUT2D eigenvalue weighted by molar-refractivity contribution is 7.97. The molecular formula is C15H20N2O3S. The molecule has 1 N–H and O–H groups in total. The second-order valence-electron chi connectivity index (χ2n) is 5.76. The molecule has 2 aliphatic rings. The maximum Gasteiger partial charge on any atom is 0.287 e. The quantitative estimate of drug-likeness (QED) is 0.871. The number of hydrogen-bond acceptors (Lipinski definition) is 4. The van der Waals surface area contributed by atoms with E-state index in [9.17, 15) is 9.59 Å². The van der Waals surface area contributed by atoms with Crippen LogP contribution in [-0.2, 0) is 10.5 Å². The van der Waals surface area contributed by atoms with Gasteiger partial charge in [0.15, 0.2) is 5.76 Å². The molecule has 1 aliphatic heterocycles. The van der Waals surface area contributed by atoms with Gasteiger partial charge in [0.25, 0.3) is 5.91 Å². The molecule has 1 saturated heterocycles. The zero-order valence-corrected chi connectivity index (χ0v) is 12.9. The van der Waals surface area contributed by atoms with E-state index in [2.05, 4.69) is 5.32 Å². The Kier molecular flexibility index (Phi) is 4.24. The molecule has 3 rings (SSSR count). The standard InChI is InChI=1S/C15H20N2O3S/c1-21-9-12-4-5-13(20-12)15(19)16-7-10-6-14(18)17(8-10)11-2-3-11/h4-5,10-11H,2-3,6-9H2,1H3,(H,16,19)/t10-/m1/s1. The van der Waals surface area contributed by atoms with Crippen LogP contribution in [0, 0.1) is 5.92 Å². The van der Waals surface area contributed by atoms with Crippen LogP contribution in [0.15, 0.2) is 16.5 Å². The smallest absolute Gasteiger partial charge is 0.287 e. The number of nitrogens with zero attached hydrogens (tertiary/aromatic N) is 1. The fourth-order valence-electron chi connectivity index (χ4n) is 2.73. The fourth-order valence-corrected chi connectivity index (χ4v) is 3.17. The van der Waals surface area contributed by atoms with Gasteiger partial charge in [-0.15, -0.1) is 0 Å². The maximum absolute atomic E-state index is 12.0. The van der Waals surface area contributed by atoms with Crippen LogP contribution in [-0.4, -0.2) is 42.1 Å². The molecule has 1 aromatic rings.